The van der Waals surface area contributed by atoms with Crippen LogP contribution in [0.2, 0.25) is 0 Å². The van der Waals surface area contributed by atoms with E-state index in [0.29, 0.717) is 44.2 Å². The molecule has 0 atom stereocenters. The number of likely N-dealkylation sites (tertiary alicyclic amines) is 2. The third-order valence-electron chi connectivity index (χ3n) is 12.2. The fourth-order valence-electron chi connectivity index (χ4n) is 8.51. The predicted octanol–water partition coefficient (Wildman–Crippen LogP) is 7.84. The number of amides is 1. The van der Waals surface area contributed by atoms with Crippen molar-refractivity contribution in [2.45, 2.75) is 109 Å². The van der Waals surface area contributed by atoms with E-state index in [2.05, 4.69) is 121 Å². The van der Waals surface area contributed by atoms with Gasteiger partial charge in [-0.15, -0.1) is 0 Å². The highest BCUT2D eigenvalue weighted by Crippen LogP contribution is 2.22. The van der Waals surface area contributed by atoms with Gasteiger partial charge in [-0.3, -0.25) is 19.4 Å². The van der Waals surface area contributed by atoms with Gasteiger partial charge < -0.3 is 40.7 Å². The van der Waals surface area contributed by atoms with Gasteiger partial charge in [0.1, 0.15) is 5.60 Å². The summed E-state index contributed by atoms with van der Waals surface area (Å²) < 4.78 is 40.3. The minimum atomic E-state index is -5.08. The first-order valence-electron chi connectivity index (χ1n) is 24.4. The Morgan fingerprint density at radius 3 is 1.50 bits per heavy atom. The molecule has 19 heteroatoms. The maximum absolute atomic E-state index is 12.9. The van der Waals surface area contributed by atoms with Crippen molar-refractivity contribution in [1.29, 1.82) is 0 Å². The van der Waals surface area contributed by atoms with Crippen LogP contribution in [0.5, 0.6) is 0 Å². The molecule has 0 radical (unpaired) electrons. The number of carbonyl (C=O) groups excluding carboxylic acids is 1. The Morgan fingerprint density at radius 2 is 1.10 bits per heavy atom. The zero-order chi connectivity index (χ0) is 51.7. The van der Waals surface area contributed by atoms with Crippen LogP contribution in [0, 0.1) is 0 Å². The molecule has 0 spiro atoms. The number of hydrogen-bond acceptors (Lipinski definition) is 12. The number of aliphatic carboxylic acids is 1. The third-order valence-corrected chi connectivity index (χ3v) is 12.2. The van der Waals surface area contributed by atoms with Crippen molar-refractivity contribution in [2.24, 2.45) is 5.73 Å². The lowest BCUT2D eigenvalue weighted by Crippen LogP contribution is -2.40. The number of ether oxygens (including phenoxy) is 1. The Hall–Kier alpha value is -6.83. The van der Waals surface area contributed by atoms with Crippen LogP contribution in [0.4, 0.5) is 29.6 Å². The van der Waals surface area contributed by atoms with Crippen molar-refractivity contribution in [2.75, 3.05) is 49.9 Å². The van der Waals surface area contributed by atoms with Gasteiger partial charge in [-0.2, -0.15) is 13.2 Å². The Balaban J connectivity index is 0.000000211. The van der Waals surface area contributed by atoms with Crippen LogP contribution in [0.1, 0.15) is 70.4 Å². The molecule has 0 unspecified atom stereocenters. The Morgan fingerprint density at radius 1 is 0.681 bits per heavy atom. The van der Waals surface area contributed by atoms with E-state index in [9.17, 15) is 27.6 Å². The number of anilines is 2. The number of nitrogens with one attached hydrogen (secondary N) is 3. The smallest absolute Gasteiger partial charge is 0.475 e. The summed E-state index contributed by atoms with van der Waals surface area (Å²) in [6.45, 7) is 13.5. The third kappa shape index (κ3) is 17.2. The summed E-state index contributed by atoms with van der Waals surface area (Å²) in [5, 5.41) is 21.7. The molecule has 0 saturated carbocycles. The lowest BCUT2D eigenvalue weighted by atomic mass is 10.0. The molecular formula is C53H67F3N10O6. The molecular weight excluding hydrogens is 930 g/mol. The second kappa shape index (κ2) is 26.0. The van der Waals surface area contributed by atoms with Gasteiger partial charge in [0.25, 0.3) is 11.1 Å². The van der Waals surface area contributed by atoms with E-state index in [1.165, 1.54) is 32.7 Å². The Bertz CT molecular complexity index is 2820. The van der Waals surface area contributed by atoms with Crippen LogP contribution in [0.25, 0.3) is 21.5 Å². The number of carboxylic acids is 1. The average Bonchev–Trinajstić information content (AvgIpc) is 3.35. The van der Waals surface area contributed by atoms with Crippen LogP contribution in [0.15, 0.2) is 119 Å². The fourth-order valence-corrected chi connectivity index (χ4v) is 8.51. The lowest BCUT2D eigenvalue weighted by Gasteiger charge is -2.32. The highest BCUT2D eigenvalue weighted by Gasteiger charge is 2.38. The van der Waals surface area contributed by atoms with Gasteiger partial charge >= 0.3 is 18.2 Å². The number of piperidine rings is 2. The van der Waals surface area contributed by atoms with Gasteiger partial charge in [-0.05, 0) is 111 Å². The minimum Gasteiger partial charge on any atom is -0.475 e. The first-order valence-corrected chi connectivity index (χ1v) is 24.4. The number of fused-ring (bicyclic) bond motifs is 2. The standard InChI is InChI=1S/C28H37N5O3.C23H29N5O.C2HF3O2/c1-28(2,3)36-27(35)30-13-6-15-33-18-14-29-25(26(33)34)31-24-11-16-32(17-12-24)20-21-9-10-22-7-4-5-8-23(22)19-21;24-10-3-12-28-15-11-25-22(23(28)29)26-21-8-13-27(14-9-21)17-18-6-7-19-4-1-2-5-20(19)16-18;3-2(4,5)1(6)7/h4-5,7-10,14,18-19,24H,6,11-13,15-17,20H2,1-3H3,(H,29,31)(H,30,35);1-2,4-7,11,15-16,21H,3,8-10,12-14,17,24H2,(H,25,26);(H,6,7). The first-order chi connectivity index (χ1) is 34.4. The number of alkyl halides is 3. The molecule has 2 aromatic heterocycles. The second-order valence-corrected chi connectivity index (χ2v) is 19.0. The molecule has 2 saturated heterocycles. The molecule has 16 nitrogen and oxygen atoms in total. The molecule has 4 heterocycles. The van der Waals surface area contributed by atoms with Crippen molar-refractivity contribution in [3.05, 3.63) is 142 Å². The summed E-state index contributed by atoms with van der Waals surface area (Å²) in [5.41, 5.74) is 7.52. The Kier molecular flexibility index (Phi) is 19.7. The number of aromatic nitrogens is 4. The topological polar surface area (TPSA) is 202 Å². The summed E-state index contributed by atoms with van der Waals surface area (Å²) in [6.07, 6.45) is 6.58. The number of alkyl carbamates (subject to hydrolysis) is 1. The van der Waals surface area contributed by atoms with Crippen LogP contribution >= 0.6 is 0 Å². The monoisotopic (exact) mass is 997 g/mol. The predicted molar refractivity (Wildman–Crippen MR) is 275 cm³/mol. The SMILES string of the molecule is CC(C)(C)OC(=O)NCCCn1ccnc(NC2CCN(Cc3ccc4ccccc4c3)CC2)c1=O.NCCCn1ccnc(NC2CCN(Cc3ccc4ccccc4c3)CC2)c1=O.O=C(O)C(F)(F)F. The quantitative estimate of drug-likeness (QED) is 0.0624. The molecule has 0 aliphatic carbocycles. The van der Waals surface area contributed by atoms with E-state index in [1.54, 1.807) is 33.9 Å². The molecule has 6 aromatic rings. The van der Waals surface area contributed by atoms with E-state index < -0.39 is 23.8 Å². The van der Waals surface area contributed by atoms with Gasteiger partial charge in [-0.25, -0.2) is 19.6 Å². The van der Waals surface area contributed by atoms with Gasteiger partial charge in [0.15, 0.2) is 11.6 Å². The first kappa shape index (κ1) is 54.5. The number of halogens is 3. The van der Waals surface area contributed by atoms with E-state index in [4.69, 9.17) is 20.4 Å². The maximum Gasteiger partial charge on any atom is 0.490 e. The van der Waals surface area contributed by atoms with Crippen LogP contribution < -0.4 is 32.8 Å². The summed E-state index contributed by atoms with van der Waals surface area (Å²) in [4.78, 5) is 59.6. The normalized spacial score (nSPS) is 14.9. The van der Waals surface area contributed by atoms with Gasteiger partial charge in [-0.1, -0.05) is 72.8 Å². The van der Waals surface area contributed by atoms with Crippen molar-refractivity contribution in [3.63, 3.8) is 0 Å². The number of nitrogens with zero attached hydrogens (tertiary/aromatic N) is 6. The van der Waals surface area contributed by atoms with Crippen LogP contribution in [-0.2, 0) is 35.7 Å². The van der Waals surface area contributed by atoms with Gasteiger partial charge in [0.05, 0.1) is 0 Å². The number of benzene rings is 4. The zero-order valence-corrected chi connectivity index (χ0v) is 41.2. The molecule has 6 N–H and O–H groups in total. The molecule has 0 bridgehead atoms. The number of carboxylic acid groups (broad SMARTS) is 1. The van der Waals surface area contributed by atoms with Gasteiger partial charge in [0.2, 0.25) is 0 Å². The summed E-state index contributed by atoms with van der Waals surface area (Å²) >= 11 is 0. The molecule has 2 fully saturated rings. The van der Waals surface area contributed by atoms with E-state index in [1.807, 2.05) is 20.8 Å². The van der Waals surface area contributed by atoms with Crippen molar-refractivity contribution in [1.82, 2.24) is 34.2 Å². The summed E-state index contributed by atoms with van der Waals surface area (Å²) in [5.74, 6) is -1.91. The van der Waals surface area contributed by atoms with Crippen LogP contribution in [0.3, 0.4) is 0 Å². The second-order valence-electron chi connectivity index (χ2n) is 19.0. The van der Waals surface area contributed by atoms with E-state index in [0.717, 1.165) is 71.4 Å². The highest BCUT2D eigenvalue weighted by molar-refractivity contribution is 5.83. The average molecular weight is 997 g/mol. The van der Waals surface area contributed by atoms with Crippen molar-refractivity contribution >= 4 is 45.2 Å². The number of carbonyl (C=O) groups is 2. The maximum atomic E-state index is 12.9. The molecule has 72 heavy (non-hydrogen) atoms. The number of rotatable bonds is 15. The van der Waals surface area contributed by atoms with Crippen molar-refractivity contribution < 1.29 is 32.6 Å². The Labute approximate surface area is 417 Å². The van der Waals surface area contributed by atoms with Crippen LogP contribution in [-0.4, -0.2) is 109 Å². The molecule has 8 rings (SSSR count). The number of nitrogens with two attached hydrogens (primary N) is 1. The molecule has 386 valence electrons. The number of hydrogen-bond donors (Lipinski definition) is 5. The summed E-state index contributed by atoms with van der Waals surface area (Å²) in [6, 6.07) is 30.8. The molecule has 2 aliphatic rings. The van der Waals surface area contributed by atoms with E-state index >= 15 is 0 Å². The van der Waals surface area contributed by atoms with Gasteiger partial charge in [0, 0.05) is 95.8 Å². The molecule has 2 aliphatic heterocycles. The minimum absolute atomic E-state index is 0.0560. The molecule has 4 aromatic carbocycles. The van der Waals surface area contributed by atoms with Crippen molar-refractivity contribution in [3.8, 4) is 0 Å². The summed E-state index contributed by atoms with van der Waals surface area (Å²) in [7, 11) is 0. The largest absolute Gasteiger partial charge is 0.490 e. The highest BCUT2D eigenvalue weighted by atomic mass is 19.4. The lowest BCUT2D eigenvalue weighted by molar-refractivity contribution is -0.192. The zero-order valence-electron chi connectivity index (χ0n) is 41.2. The fraction of sp³-hybridized carbons (Fsp3) is 0.434. The molecule has 1 amide bonds. The number of aryl methyl sites for hydroxylation is 2. The van der Waals surface area contributed by atoms with E-state index in [-0.39, 0.29) is 23.2 Å².